The lowest BCUT2D eigenvalue weighted by Gasteiger charge is -2.02. The fraction of sp³-hybridized carbons (Fsp3) is 0.0625. The first-order chi connectivity index (χ1) is 9.72. The topological polar surface area (TPSA) is 41.8 Å². The van der Waals surface area contributed by atoms with E-state index in [-0.39, 0.29) is 5.82 Å². The summed E-state index contributed by atoms with van der Waals surface area (Å²) < 4.78 is 17.9. The molecule has 0 radical (unpaired) electrons. The van der Waals surface area contributed by atoms with Gasteiger partial charge in [-0.25, -0.2) is 4.39 Å². The fourth-order valence-corrected chi connectivity index (χ4v) is 1.70. The maximum atomic E-state index is 12.8. The standard InChI is InChI=1S/C16H14FNO2/c1-20-15-9-5-13(6-10-15)16(18-19)11-4-12-2-7-14(17)8-3-12/h2-11,19H,1H3/b11-4+,18-16+. The van der Waals surface area contributed by atoms with E-state index in [4.69, 9.17) is 9.94 Å². The van der Waals surface area contributed by atoms with Crippen LogP contribution in [0.5, 0.6) is 5.75 Å². The molecule has 1 N–H and O–H groups in total. The molecule has 0 aromatic heterocycles. The lowest BCUT2D eigenvalue weighted by molar-refractivity contribution is 0.320. The van der Waals surface area contributed by atoms with Crippen LogP contribution in [0, 0.1) is 5.82 Å². The molecule has 2 aromatic rings. The number of methoxy groups -OCH3 is 1. The lowest BCUT2D eigenvalue weighted by Crippen LogP contribution is -1.96. The molecule has 2 aromatic carbocycles. The van der Waals surface area contributed by atoms with Crippen LogP contribution in [0.4, 0.5) is 4.39 Å². The summed E-state index contributed by atoms with van der Waals surface area (Å²) in [6.07, 6.45) is 3.41. The highest BCUT2D eigenvalue weighted by atomic mass is 19.1. The number of nitrogens with zero attached hydrogens (tertiary/aromatic N) is 1. The predicted molar refractivity (Wildman–Crippen MR) is 76.8 cm³/mol. The lowest BCUT2D eigenvalue weighted by atomic mass is 10.1. The van der Waals surface area contributed by atoms with Gasteiger partial charge in [0.05, 0.1) is 7.11 Å². The Labute approximate surface area is 116 Å². The number of benzene rings is 2. The second kappa shape index (κ2) is 6.52. The quantitative estimate of drug-likeness (QED) is 0.523. The predicted octanol–water partition coefficient (Wildman–Crippen LogP) is 3.73. The van der Waals surface area contributed by atoms with E-state index in [2.05, 4.69) is 5.16 Å². The molecule has 0 fully saturated rings. The van der Waals surface area contributed by atoms with Gasteiger partial charge in [0, 0.05) is 5.56 Å². The van der Waals surface area contributed by atoms with Gasteiger partial charge in [-0.15, -0.1) is 0 Å². The summed E-state index contributed by atoms with van der Waals surface area (Å²) in [5, 5.41) is 12.3. The molecule has 0 bridgehead atoms. The van der Waals surface area contributed by atoms with E-state index in [0.29, 0.717) is 5.71 Å². The van der Waals surface area contributed by atoms with Crippen LogP contribution in [0.15, 0.2) is 59.8 Å². The molecule has 0 aliphatic heterocycles. The normalized spacial score (nSPS) is 11.8. The van der Waals surface area contributed by atoms with Crippen molar-refractivity contribution in [2.75, 3.05) is 7.11 Å². The van der Waals surface area contributed by atoms with E-state index >= 15 is 0 Å². The van der Waals surface area contributed by atoms with Gasteiger partial charge in [-0.3, -0.25) is 0 Å². The van der Waals surface area contributed by atoms with Crippen molar-refractivity contribution < 1.29 is 14.3 Å². The van der Waals surface area contributed by atoms with Crippen LogP contribution in [0.25, 0.3) is 6.08 Å². The summed E-state index contributed by atoms with van der Waals surface area (Å²) >= 11 is 0. The van der Waals surface area contributed by atoms with Crippen molar-refractivity contribution in [3.63, 3.8) is 0 Å². The molecule has 0 saturated heterocycles. The van der Waals surface area contributed by atoms with E-state index < -0.39 is 0 Å². The number of hydrogen-bond donors (Lipinski definition) is 1. The number of hydrogen-bond acceptors (Lipinski definition) is 3. The molecule has 2 rings (SSSR count). The summed E-state index contributed by atoms with van der Waals surface area (Å²) in [7, 11) is 1.59. The van der Waals surface area contributed by atoms with E-state index in [1.807, 2.05) is 0 Å². The van der Waals surface area contributed by atoms with Gasteiger partial charge in [-0.05, 0) is 48.0 Å². The van der Waals surface area contributed by atoms with Gasteiger partial charge in [-0.2, -0.15) is 0 Å². The van der Waals surface area contributed by atoms with Gasteiger partial charge in [-0.1, -0.05) is 23.4 Å². The maximum absolute atomic E-state index is 12.8. The molecule has 20 heavy (non-hydrogen) atoms. The Kier molecular flexibility index (Phi) is 4.50. The van der Waals surface area contributed by atoms with Crippen molar-refractivity contribution in [2.24, 2.45) is 5.16 Å². The van der Waals surface area contributed by atoms with Crippen LogP contribution in [-0.4, -0.2) is 18.0 Å². The molecule has 0 aliphatic rings. The molecule has 102 valence electrons. The highest BCUT2D eigenvalue weighted by Gasteiger charge is 2.01. The number of ether oxygens (including phenoxy) is 1. The molecule has 0 amide bonds. The van der Waals surface area contributed by atoms with Gasteiger partial charge in [0.1, 0.15) is 17.3 Å². The third-order valence-corrected chi connectivity index (χ3v) is 2.80. The maximum Gasteiger partial charge on any atom is 0.123 e. The number of allylic oxidation sites excluding steroid dienone is 1. The summed E-state index contributed by atoms with van der Waals surface area (Å²) in [4.78, 5) is 0. The molecule has 4 heteroatoms. The highest BCUT2D eigenvalue weighted by Crippen LogP contribution is 2.13. The first-order valence-electron chi connectivity index (χ1n) is 6.03. The Morgan fingerprint density at radius 1 is 1.10 bits per heavy atom. The summed E-state index contributed by atoms with van der Waals surface area (Å²) in [5.74, 6) is 0.446. The zero-order valence-electron chi connectivity index (χ0n) is 11.0. The summed E-state index contributed by atoms with van der Waals surface area (Å²) in [6, 6.07) is 13.2. The highest BCUT2D eigenvalue weighted by molar-refractivity contribution is 6.10. The minimum absolute atomic E-state index is 0.284. The first kappa shape index (κ1) is 13.8. The average Bonchev–Trinajstić information content (AvgIpc) is 2.50. The molecule has 0 atom stereocenters. The Bertz CT molecular complexity index is 616. The van der Waals surface area contributed by atoms with E-state index in [0.717, 1.165) is 16.9 Å². The van der Waals surface area contributed by atoms with Crippen molar-refractivity contribution in [3.05, 3.63) is 71.6 Å². The van der Waals surface area contributed by atoms with Gasteiger partial charge in [0.25, 0.3) is 0 Å². The molecule has 0 heterocycles. The fourth-order valence-electron chi connectivity index (χ4n) is 1.70. The third kappa shape index (κ3) is 3.45. The molecule has 0 spiro atoms. The van der Waals surface area contributed by atoms with Crippen LogP contribution in [0.3, 0.4) is 0 Å². The second-order valence-corrected chi connectivity index (χ2v) is 4.10. The Balaban J connectivity index is 2.18. The number of oxime groups is 1. The summed E-state index contributed by atoms with van der Waals surface area (Å²) in [6.45, 7) is 0. The first-order valence-corrected chi connectivity index (χ1v) is 6.03. The van der Waals surface area contributed by atoms with E-state index in [1.54, 1.807) is 55.7 Å². The monoisotopic (exact) mass is 271 g/mol. The third-order valence-electron chi connectivity index (χ3n) is 2.80. The smallest absolute Gasteiger partial charge is 0.123 e. The van der Waals surface area contributed by atoms with Crippen molar-refractivity contribution in [2.45, 2.75) is 0 Å². The van der Waals surface area contributed by atoms with Crippen LogP contribution in [0.1, 0.15) is 11.1 Å². The minimum Gasteiger partial charge on any atom is -0.497 e. The van der Waals surface area contributed by atoms with Gasteiger partial charge >= 0.3 is 0 Å². The van der Waals surface area contributed by atoms with Crippen LogP contribution in [0.2, 0.25) is 0 Å². The Morgan fingerprint density at radius 3 is 2.30 bits per heavy atom. The number of halogens is 1. The van der Waals surface area contributed by atoms with Gasteiger partial charge < -0.3 is 9.94 Å². The largest absolute Gasteiger partial charge is 0.497 e. The molecular formula is C16H14FNO2. The minimum atomic E-state index is -0.284. The summed E-state index contributed by atoms with van der Waals surface area (Å²) in [5.41, 5.74) is 1.99. The molecule has 0 unspecified atom stereocenters. The van der Waals surface area contributed by atoms with E-state index in [1.165, 1.54) is 12.1 Å². The van der Waals surface area contributed by atoms with Crippen LogP contribution in [-0.2, 0) is 0 Å². The SMILES string of the molecule is COc1ccc(C(/C=C/c2ccc(F)cc2)=N/O)cc1. The van der Waals surface area contributed by atoms with Crippen LogP contribution >= 0.6 is 0 Å². The number of rotatable bonds is 4. The molecule has 3 nitrogen and oxygen atoms in total. The van der Waals surface area contributed by atoms with Gasteiger partial charge in [0.2, 0.25) is 0 Å². The van der Waals surface area contributed by atoms with Crippen molar-refractivity contribution in [1.29, 1.82) is 0 Å². The average molecular weight is 271 g/mol. The van der Waals surface area contributed by atoms with E-state index in [9.17, 15) is 4.39 Å². The molecule has 0 aliphatic carbocycles. The van der Waals surface area contributed by atoms with Crippen LogP contribution < -0.4 is 4.74 Å². The van der Waals surface area contributed by atoms with Crippen molar-refractivity contribution >= 4 is 11.8 Å². The zero-order chi connectivity index (χ0) is 14.4. The zero-order valence-corrected chi connectivity index (χ0v) is 11.0. The van der Waals surface area contributed by atoms with Crippen molar-refractivity contribution in [1.82, 2.24) is 0 Å². The molecule has 0 saturated carbocycles. The van der Waals surface area contributed by atoms with Crippen molar-refractivity contribution in [3.8, 4) is 5.75 Å². The Hall–Kier alpha value is -2.62. The Morgan fingerprint density at radius 2 is 1.75 bits per heavy atom. The van der Waals surface area contributed by atoms with Gasteiger partial charge in [0.15, 0.2) is 0 Å². The second-order valence-electron chi connectivity index (χ2n) is 4.10. The molecular weight excluding hydrogens is 257 g/mol.